The molecular weight excluding hydrogens is 359 g/mol. The highest BCUT2D eigenvalue weighted by atomic mass is 19.1. The quantitative estimate of drug-likeness (QED) is 0.714. The number of rotatable bonds is 6. The van der Waals surface area contributed by atoms with E-state index in [1.807, 2.05) is 31.1 Å². The van der Waals surface area contributed by atoms with E-state index >= 15 is 0 Å². The zero-order valence-electron chi connectivity index (χ0n) is 15.7. The maximum Gasteiger partial charge on any atom is 0.253 e. The van der Waals surface area contributed by atoms with Crippen LogP contribution in [-0.4, -0.2) is 36.1 Å². The highest BCUT2D eigenvalue weighted by Gasteiger charge is 2.08. The number of aromatic nitrogens is 2. The van der Waals surface area contributed by atoms with Gasteiger partial charge in [0.15, 0.2) is 0 Å². The van der Waals surface area contributed by atoms with Gasteiger partial charge in [-0.3, -0.25) is 14.2 Å². The zero-order chi connectivity index (χ0) is 20.1. The van der Waals surface area contributed by atoms with Gasteiger partial charge in [0.25, 0.3) is 11.5 Å². The monoisotopic (exact) mass is 380 g/mol. The Kier molecular flexibility index (Phi) is 5.84. The molecule has 3 aromatic rings. The molecular formula is C21H21FN4O2. The fraction of sp³-hybridized carbons (Fsp3) is 0.190. The van der Waals surface area contributed by atoms with Crippen LogP contribution in [0.3, 0.4) is 0 Å². The Labute approximate surface area is 162 Å². The lowest BCUT2D eigenvalue weighted by atomic mass is 10.1. The molecule has 0 bridgehead atoms. The van der Waals surface area contributed by atoms with Crippen LogP contribution < -0.4 is 15.8 Å². The number of carbonyl (C=O) groups excluding carboxylic acids is 1. The van der Waals surface area contributed by atoms with Crippen LogP contribution in [0.1, 0.15) is 10.4 Å². The van der Waals surface area contributed by atoms with Crippen LogP contribution in [0.15, 0.2) is 65.7 Å². The molecule has 0 fully saturated rings. The van der Waals surface area contributed by atoms with Gasteiger partial charge in [0, 0.05) is 50.1 Å². The third-order valence-electron chi connectivity index (χ3n) is 4.28. The van der Waals surface area contributed by atoms with Crippen LogP contribution in [0.2, 0.25) is 0 Å². The molecule has 0 saturated heterocycles. The van der Waals surface area contributed by atoms with Crippen LogP contribution in [0.5, 0.6) is 0 Å². The molecule has 1 N–H and O–H groups in total. The fourth-order valence-corrected chi connectivity index (χ4v) is 2.69. The van der Waals surface area contributed by atoms with Gasteiger partial charge < -0.3 is 10.2 Å². The van der Waals surface area contributed by atoms with Crippen molar-refractivity contribution >= 4 is 11.6 Å². The summed E-state index contributed by atoms with van der Waals surface area (Å²) in [6.45, 7) is 0.594. The first-order chi connectivity index (χ1) is 13.4. The van der Waals surface area contributed by atoms with Crippen LogP contribution >= 0.6 is 0 Å². The van der Waals surface area contributed by atoms with Crippen molar-refractivity contribution in [1.82, 2.24) is 14.9 Å². The molecule has 0 aliphatic carbocycles. The van der Waals surface area contributed by atoms with Crippen molar-refractivity contribution < 1.29 is 9.18 Å². The molecule has 28 heavy (non-hydrogen) atoms. The van der Waals surface area contributed by atoms with Gasteiger partial charge in [0.1, 0.15) is 5.82 Å². The molecule has 3 rings (SSSR count). The summed E-state index contributed by atoms with van der Waals surface area (Å²) >= 11 is 0. The predicted molar refractivity (Wildman–Crippen MR) is 107 cm³/mol. The Morgan fingerprint density at radius 2 is 1.89 bits per heavy atom. The average Bonchev–Trinajstić information content (AvgIpc) is 2.69. The van der Waals surface area contributed by atoms with Crippen molar-refractivity contribution in [3.8, 4) is 11.3 Å². The normalized spacial score (nSPS) is 10.5. The highest BCUT2D eigenvalue weighted by Crippen LogP contribution is 2.15. The largest absolute Gasteiger partial charge is 0.378 e. The molecule has 0 saturated carbocycles. The van der Waals surface area contributed by atoms with Crippen molar-refractivity contribution in [2.75, 3.05) is 25.5 Å². The maximum atomic E-state index is 13.0. The minimum atomic E-state index is -0.344. The van der Waals surface area contributed by atoms with Gasteiger partial charge in [-0.05, 0) is 42.5 Å². The number of amides is 1. The second-order valence-electron chi connectivity index (χ2n) is 6.51. The second-order valence-corrected chi connectivity index (χ2v) is 6.51. The molecule has 2 aromatic carbocycles. The van der Waals surface area contributed by atoms with Crippen molar-refractivity contribution in [2.45, 2.75) is 6.54 Å². The number of nitrogens with one attached hydrogen (secondary N) is 1. The van der Waals surface area contributed by atoms with E-state index in [-0.39, 0.29) is 17.3 Å². The third-order valence-corrected chi connectivity index (χ3v) is 4.28. The minimum absolute atomic E-state index is 0.201. The molecule has 0 spiro atoms. The summed E-state index contributed by atoms with van der Waals surface area (Å²) in [6.07, 6.45) is 1.43. The molecule has 7 heteroatoms. The molecule has 1 heterocycles. The molecule has 1 aromatic heterocycles. The lowest BCUT2D eigenvalue weighted by Crippen LogP contribution is -2.30. The lowest BCUT2D eigenvalue weighted by Gasteiger charge is -2.13. The summed E-state index contributed by atoms with van der Waals surface area (Å²) in [5.74, 6) is -0.545. The first kappa shape index (κ1) is 19.3. The number of anilines is 1. The zero-order valence-corrected chi connectivity index (χ0v) is 15.7. The average molecular weight is 380 g/mol. The number of carbonyl (C=O) groups is 1. The van der Waals surface area contributed by atoms with Crippen LogP contribution in [0, 0.1) is 5.82 Å². The Balaban J connectivity index is 1.62. The lowest BCUT2D eigenvalue weighted by molar-refractivity contribution is 0.0952. The summed E-state index contributed by atoms with van der Waals surface area (Å²) in [4.78, 5) is 30.7. The van der Waals surface area contributed by atoms with E-state index in [1.165, 1.54) is 29.1 Å². The number of halogens is 1. The topological polar surface area (TPSA) is 67.2 Å². The number of hydrogen-bond donors (Lipinski definition) is 1. The molecule has 0 unspecified atom stereocenters. The second kappa shape index (κ2) is 8.47. The van der Waals surface area contributed by atoms with Crippen molar-refractivity contribution in [1.29, 1.82) is 0 Å². The minimum Gasteiger partial charge on any atom is -0.378 e. The van der Waals surface area contributed by atoms with Gasteiger partial charge in [0.2, 0.25) is 0 Å². The molecule has 6 nitrogen and oxygen atoms in total. The molecule has 0 aliphatic heterocycles. The highest BCUT2D eigenvalue weighted by molar-refractivity contribution is 5.95. The Morgan fingerprint density at radius 3 is 2.57 bits per heavy atom. The summed E-state index contributed by atoms with van der Waals surface area (Å²) in [5, 5.41) is 2.81. The fourth-order valence-electron chi connectivity index (χ4n) is 2.69. The number of nitrogens with zero attached hydrogens (tertiary/aromatic N) is 3. The summed E-state index contributed by atoms with van der Waals surface area (Å²) in [5.41, 5.74) is 2.40. The summed E-state index contributed by atoms with van der Waals surface area (Å²) < 4.78 is 14.4. The predicted octanol–water partition coefficient (Wildman–Crippen LogP) is 2.55. The molecule has 144 valence electrons. The van der Waals surface area contributed by atoms with Crippen LogP contribution in [-0.2, 0) is 6.54 Å². The first-order valence-electron chi connectivity index (χ1n) is 8.82. The number of benzene rings is 2. The van der Waals surface area contributed by atoms with Gasteiger partial charge in [-0.1, -0.05) is 6.07 Å². The molecule has 0 atom stereocenters. The maximum absolute atomic E-state index is 13.0. The number of hydrogen-bond acceptors (Lipinski definition) is 4. The SMILES string of the molecule is CN(C)c1cccc(C(=O)NCCn2cnc(-c3ccc(F)cc3)cc2=O)c1. The van der Waals surface area contributed by atoms with E-state index < -0.39 is 0 Å². The van der Waals surface area contributed by atoms with Gasteiger partial charge in [0.05, 0.1) is 12.0 Å². The summed E-state index contributed by atoms with van der Waals surface area (Å²) in [6, 6.07) is 14.5. The van der Waals surface area contributed by atoms with Gasteiger partial charge in [-0.15, -0.1) is 0 Å². The van der Waals surface area contributed by atoms with E-state index in [0.717, 1.165) is 5.69 Å². The van der Waals surface area contributed by atoms with Gasteiger partial charge in [-0.2, -0.15) is 0 Å². The van der Waals surface area contributed by atoms with Crippen molar-refractivity contribution in [2.24, 2.45) is 0 Å². The van der Waals surface area contributed by atoms with Gasteiger partial charge in [-0.25, -0.2) is 9.37 Å². The van der Waals surface area contributed by atoms with E-state index in [1.54, 1.807) is 24.3 Å². The Bertz CT molecular complexity index is 1030. The first-order valence-corrected chi connectivity index (χ1v) is 8.82. The smallest absolute Gasteiger partial charge is 0.253 e. The van der Waals surface area contributed by atoms with Crippen molar-refractivity contribution in [3.63, 3.8) is 0 Å². The molecule has 1 amide bonds. The van der Waals surface area contributed by atoms with Crippen molar-refractivity contribution in [3.05, 3.63) is 82.7 Å². The van der Waals surface area contributed by atoms with E-state index in [4.69, 9.17) is 0 Å². The Hall–Kier alpha value is -3.48. The molecule has 0 aliphatic rings. The molecule has 0 radical (unpaired) electrons. The summed E-state index contributed by atoms with van der Waals surface area (Å²) in [7, 11) is 3.82. The van der Waals surface area contributed by atoms with Gasteiger partial charge >= 0.3 is 0 Å². The third kappa shape index (κ3) is 4.62. The van der Waals surface area contributed by atoms with E-state index in [0.29, 0.717) is 29.9 Å². The van der Waals surface area contributed by atoms with Crippen LogP contribution in [0.25, 0.3) is 11.3 Å². The Morgan fingerprint density at radius 1 is 1.14 bits per heavy atom. The standard InChI is InChI=1S/C21H21FN4O2/c1-25(2)18-5-3-4-16(12-18)21(28)23-10-11-26-14-24-19(13-20(26)27)15-6-8-17(22)9-7-15/h3-9,12-14H,10-11H2,1-2H3,(H,23,28). The van der Waals surface area contributed by atoms with E-state index in [2.05, 4.69) is 10.3 Å². The van der Waals surface area contributed by atoms with E-state index in [9.17, 15) is 14.0 Å². The van der Waals surface area contributed by atoms with Crippen LogP contribution in [0.4, 0.5) is 10.1 Å².